The maximum absolute atomic E-state index is 11.9. The van der Waals surface area contributed by atoms with E-state index in [0.29, 0.717) is 12.8 Å². The number of amides is 1. The van der Waals surface area contributed by atoms with Crippen LogP contribution in [0.4, 0.5) is 0 Å². The van der Waals surface area contributed by atoms with Gasteiger partial charge in [0.15, 0.2) is 0 Å². The quantitative estimate of drug-likeness (QED) is 0.637. The summed E-state index contributed by atoms with van der Waals surface area (Å²) < 4.78 is 0. The highest BCUT2D eigenvalue weighted by Crippen LogP contribution is 2.37. The van der Waals surface area contributed by atoms with E-state index in [4.69, 9.17) is 10.2 Å². The minimum atomic E-state index is -0.883. The highest BCUT2D eigenvalue weighted by Gasteiger charge is 2.46. The number of carboxylic acid groups (broad SMARTS) is 1. The van der Waals surface area contributed by atoms with Gasteiger partial charge in [0, 0.05) is 0 Å². The van der Waals surface area contributed by atoms with Gasteiger partial charge in [-0.25, -0.2) is 0 Å². The van der Waals surface area contributed by atoms with Crippen molar-refractivity contribution in [2.75, 3.05) is 6.61 Å². The summed E-state index contributed by atoms with van der Waals surface area (Å²) >= 11 is 0. The average molecular weight is 227 g/mol. The summed E-state index contributed by atoms with van der Waals surface area (Å²) in [6, 6.07) is 0. The SMILES string of the molecule is O=C(O)[C@H]1CCC[C@H]1C(=O)NC1(CO)CC1. The number of rotatable bonds is 4. The predicted molar refractivity (Wildman–Crippen MR) is 55.7 cm³/mol. The lowest BCUT2D eigenvalue weighted by Crippen LogP contribution is -2.44. The van der Waals surface area contributed by atoms with Crippen LogP contribution in [0.1, 0.15) is 32.1 Å². The Labute approximate surface area is 93.8 Å². The second-order valence-corrected chi connectivity index (χ2v) is 4.91. The number of nitrogens with one attached hydrogen (secondary N) is 1. The number of carboxylic acids is 1. The third kappa shape index (κ3) is 2.04. The molecule has 0 aromatic carbocycles. The molecule has 16 heavy (non-hydrogen) atoms. The van der Waals surface area contributed by atoms with Crippen LogP contribution < -0.4 is 5.32 Å². The van der Waals surface area contributed by atoms with Gasteiger partial charge in [-0.15, -0.1) is 0 Å². The highest BCUT2D eigenvalue weighted by atomic mass is 16.4. The molecule has 2 atom stereocenters. The molecule has 0 aromatic heterocycles. The first-order valence-corrected chi connectivity index (χ1v) is 5.74. The van der Waals surface area contributed by atoms with E-state index in [-0.39, 0.29) is 12.5 Å². The van der Waals surface area contributed by atoms with Gasteiger partial charge < -0.3 is 15.5 Å². The van der Waals surface area contributed by atoms with Crippen molar-refractivity contribution in [3.05, 3.63) is 0 Å². The zero-order valence-corrected chi connectivity index (χ0v) is 9.11. The molecule has 5 nitrogen and oxygen atoms in total. The Morgan fingerprint density at radius 1 is 1.25 bits per heavy atom. The summed E-state index contributed by atoms with van der Waals surface area (Å²) in [5.74, 6) is -2.04. The van der Waals surface area contributed by atoms with Crippen molar-refractivity contribution in [3.8, 4) is 0 Å². The summed E-state index contributed by atoms with van der Waals surface area (Å²) in [5.41, 5.74) is -0.442. The number of hydrogen-bond acceptors (Lipinski definition) is 3. The maximum atomic E-state index is 11.9. The lowest BCUT2D eigenvalue weighted by molar-refractivity contribution is -0.146. The minimum Gasteiger partial charge on any atom is -0.481 e. The van der Waals surface area contributed by atoms with Gasteiger partial charge in [0.1, 0.15) is 0 Å². The molecule has 90 valence electrons. The Kier molecular flexibility index (Phi) is 2.88. The van der Waals surface area contributed by atoms with E-state index < -0.39 is 23.3 Å². The number of carbonyl (C=O) groups excluding carboxylic acids is 1. The zero-order chi connectivity index (χ0) is 11.8. The van der Waals surface area contributed by atoms with Gasteiger partial charge in [-0.3, -0.25) is 9.59 Å². The average Bonchev–Trinajstić information content (AvgIpc) is 2.83. The summed E-state index contributed by atoms with van der Waals surface area (Å²) in [4.78, 5) is 22.8. The Morgan fingerprint density at radius 3 is 2.38 bits per heavy atom. The predicted octanol–water partition coefficient (Wildman–Crippen LogP) is 0.128. The molecule has 2 aliphatic rings. The number of carbonyl (C=O) groups is 2. The molecule has 3 N–H and O–H groups in total. The van der Waals surface area contributed by atoms with Crippen LogP contribution in [0, 0.1) is 11.8 Å². The molecule has 0 aliphatic heterocycles. The topological polar surface area (TPSA) is 86.6 Å². The molecular formula is C11H17NO4. The molecule has 0 saturated heterocycles. The smallest absolute Gasteiger partial charge is 0.307 e. The standard InChI is InChI=1S/C11H17NO4/c13-6-11(4-5-11)12-9(14)7-2-1-3-8(7)10(15)16/h7-8,13H,1-6H2,(H,12,14)(H,15,16)/t7-,8+/m1/s1. The van der Waals surface area contributed by atoms with Gasteiger partial charge in [-0.1, -0.05) is 6.42 Å². The summed E-state index contributed by atoms with van der Waals surface area (Å²) in [6.45, 7) is -0.0524. The molecule has 2 aliphatic carbocycles. The number of aliphatic hydroxyl groups excluding tert-OH is 1. The number of aliphatic hydroxyl groups is 1. The van der Waals surface area contributed by atoms with Crippen molar-refractivity contribution in [2.45, 2.75) is 37.6 Å². The van der Waals surface area contributed by atoms with Crippen LogP contribution in [0.25, 0.3) is 0 Å². The second-order valence-electron chi connectivity index (χ2n) is 4.91. The van der Waals surface area contributed by atoms with E-state index >= 15 is 0 Å². The van der Waals surface area contributed by atoms with Crippen LogP contribution >= 0.6 is 0 Å². The Balaban J connectivity index is 1.96. The summed E-state index contributed by atoms with van der Waals surface area (Å²) in [6.07, 6.45) is 3.60. The fraction of sp³-hybridized carbons (Fsp3) is 0.818. The van der Waals surface area contributed by atoms with E-state index in [2.05, 4.69) is 5.32 Å². The van der Waals surface area contributed by atoms with Gasteiger partial charge in [0.05, 0.1) is 24.0 Å². The van der Waals surface area contributed by atoms with Crippen molar-refractivity contribution in [1.82, 2.24) is 5.32 Å². The molecule has 2 saturated carbocycles. The molecule has 0 aromatic rings. The van der Waals surface area contributed by atoms with Gasteiger partial charge in [0.2, 0.25) is 5.91 Å². The Morgan fingerprint density at radius 2 is 1.88 bits per heavy atom. The monoisotopic (exact) mass is 227 g/mol. The molecular weight excluding hydrogens is 210 g/mol. The first-order valence-electron chi connectivity index (χ1n) is 5.74. The van der Waals surface area contributed by atoms with Crippen LogP contribution in [0.5, 0.6) is 0 Å². The van der Waals surface area contributed by atoms with Gasteiger partial charge in [-0.05, 0) is 25.7 Å². The Hall–Kier alpha value is -1.10. The number of hydrogen-bond donors (Lipinski definition) is 3. The molecule has 2 fully saturated rings. The van der Waals surface area contributed by atoms with Crippen LogP contribution in [-0.4, -0.2) is 34.2 Å². The fourth-order valence-electron chi connectivity index (χ4n) is 2.40. The van der Waals surface area contributed by atoms with E-state index in [1.807, 2.05) is 0 Å². The van der Waals surface area contributed by atoms with Crippen molar-refractivity contribution < 1.29 is 19.8 Å². The fourth-order valence-corrected chi connectivity index (χ4v) is 2.40. The first-order chi connectivity index (χ1) is 7.58. The molecule has 0 unspecified atom stereocenters. The lowest BCUT2D eigenvalue weighted by atomic mass is 9.95. The van der Waals surface area contributed by atoms with Crippen LogP contribution in [0.2, 0.25) is 0 Å². The van der Waals surface area contributed by atoms with Crippen LogP contribution in [0.15, 0.2) is 0 Å². The van der Waals surface area contributed by atoms with Gasteiger partial charge >= 0.3 is 5.97 Å². The molecule has 0 spiro atoms. The normalized spacial score (nSPS) is 31.1. The third-order valence-corrected chi connectivity index (χ3v) is 3.71. The largest absolute Gasteiger partial charge is 0.481 e. The molecule has 1 amide bonds. The molecule has 0 radical (unpaired) electrons. The minimum absolute atomic E-state index is 0.0524. The van der Waals surface area contributed by atoms with Crippen molar-refractivity contribution in [2.24, 2.45) is 11.8 Å². The van der Waals surface area contributed by atoms with Crippen molar-refractivity contribution in [3.63, 3.8) is 0 Å². The second kappa shape index (κ2) is 4.05. The van der Waals surface area contributed by atoms with E-state index in [1.165, 1.54) is 0 Å². The molecule has 0 heterocycles. The maximum Gasteiger partial charge on any atom is 0.307 e. The molecule has 5 heteroatoms. The summed E-state index contributed by atoms with van der Waals surface area (Å²) in [7, 11) is 0. The first kappa shape index (κ1) is 11.4. The molecule has 0 bridgehead atoms. The third-order valence-electron chi connectivity index (χ3n) is 3.71. The van der Waals surface area contributed by atoms with Crippen LogP contribution in [-0.2, 0) is 9.59 Å². The molecule has 2 rings (SSSR count). The number of aliphatic carboxylic acids is 1. The van der Waals surface area contributed by atoms with Gasteiger partial charge in [0.25, 0.3) is 0 Å². The van der Waals surface area contributed by atoms with Gasteiger partial charge in [-0.2, -0.15) is 0 Å². The lowest BCUT2D eigenvalue weighted by Gasteiger charge is -2.20. The zero-order valence-electron chi connectivity index (χ0n) is 9.11. The van der Waals surface area contributed by atoms with Crippen molar-refractivity contribution in [1.29, 1.82) is 0 Å². The van der Waals surface area contributed by atoms with Crippen LogP contribution in [0.3, 0.4) is 0 Å². The Bertz CT molecular complexity index is 311. The van der Waals surface area contributed by atoms with Crippen molar-refractivity contribution >= 4 is 11.9 Å². The van der Waals surface area contributed by atoms with E-state index in [9.17, 15) is 9.59 Å². The summed E-state index contributed by atoms with van der Waals surface area (Å²) in [5, 5.41) is 20.9. The van der Waals surface area contributed by atoms with E-state index in [1.54, 1.807) is 0 Å². The highest BCUT2D eigenvalue weighted by molar-refractivity contribution is 5.86. The van der Waals surface area contributed by atoms with E-state index in [0.717, 1.165) is 19.3 Å².